The standard InChI is InChI=1S/C12H15NO4/c1-8(14)13-9-5-4-6-10(7-9)17-12(2,3)11(15)16/h4-7H,1-3H3,(H,13,14)(H,15,16). The number of nitrogens with one attached hydrogen (secondary N) is 1. The van der Waals surface area contributed by atoms with E-state index in [0.29, 0.717) is 11.4 Å². The lowest BCUT2D eigenvalue weighted by molar-refractivity contribution is -0.152. The highest BCUT2D eigenvalue weighted by Gasteiger charge is 2.29. The van der Waals surface area contributed by atoms with Crippen LogP contribution in [0.15, 0.2) is 24.3 Å². The number of carboxylic acid groups (broad SMARTS) is 1. The molecule has 0 saturated heterocycles. The summed E-state index contributed by atoms with van der Waals surface area (Å²) in [6.07, 6.45) is 0. The van der Waals surface area contributed by atoms with E-state index in [1.807, 2.05) is 0 Å². The molecule has 5 nitrogen and oxygen atoms in total. The molecular formula is C12H15NO4. The lowest BCUT2D eigenvalue weighted by atomic mass is 10.1. The van der Waals surface area contributed by atoms with Crippen LogP contribution >= 0.6 is 0 Å². The maximum Gasteiger partial charge on any atom is 0.347 e. The van der Waals surface area contributed by atoms with Gasteiger partial charge in [-0.15, -0.1) is 0 Å². The third-order valence-electron chi connectivity index (χ3n) is 2.04. The van der Waals surface area contributed by atoms with Crippen LogP contribution in [0.3, 0.4) is 0 Å². The van der Waals surface area contributed by atoms with E-state index >= 15 is 0 Å². The third kappa shape index (κ3) is 3.79. The monoisotopic (exact) mass is 237 g/mol. The number of benzene rings is 1. The van der Waals surface area contributed by atoms with Gasteiger partial charge in [-0.05, 0) is 26.0 Å². The highest BCUT2D eigenvalue weighted by atomic mass is 16.5. The fourth-order valence-electron chi connectivity index (χ4n) is 1.18. The zero-order valence-electron chi connectivity index (χ0n) is 9.98. The van der Waals surface area contributed by atoms with Crippen molar-refractivity contribution in [1.29, 1.82) is 0 Å². The molecular weight excluding hydrogens is 222 g/mol. The van der Waals surface area contributed by atoms with Crippen molar-refractivity contribution in [3.8, 4) is 5.75 Å². The molecule has 0 aliphatic rings. The van der Waals surface area contributed by atoms with Gasteiger partial charge in [0.25, 0.3) is 0 Å². The van der Waals surface area contributed by atoms with E-state index in [2.05, 4.69) is 5.32 Å². The zero-order valence-corrected chi connectivity index (χ0v) is 9.98. The topological polar surface area (TPSA) is 75.6 Å². The summed E-state index contributed by atoms with van der Waals surface area (Å²) in [6, 6.07) is 6.59. The molecule has 17 heavy (non-hydrogen) atoms. The lowest BCUT2D eigenvalue weighted by Crippen LogP contribution is -2.37. The minimum absolute atomic E-state index is 0.195. The van der Waals surface area contributed by atoms with Crippen LogP contribution < -0.4 is 10.1 Å². The van der Waals surface area contributed by atoms with Crippen molar-refractivity contribution >= 4 is 17.6 Å². The lowest BCUT2D eigenvalue weighted by Gasteiger charge is -2.21. The molecule has 2 N–H and O–H groups in total. The predicted molar refractivity (Wildman–Crippen MR) is 63.1 cm³/mol. The molecule has 0 fully saturated rings. The van der Waals surface area contributed by atoms with E-state index < -0.39 is 11.6 Å². The van der Waals surface area contributed by atoms with Crippen molar-refractivity contribution in [1.82, 2.24) is 0 Å². The Morgan fingerprint density at radius 3 is 2.53 bits per heavy atom. The molecule has 0 bridgehead atoms. The molecule has 0 spiro atoms. The number of anilines is 1. The second kappa shape index (κ2) is 4.86. The van der Waals surface area contributed by atoms with Crippen molar-refractivity contribution in [2.75, 3.05) is 5.32 Å². The van der Waals surface area contributed by atoms with Crippen LogP contribution in [0.4, 0.5) is 5.69 Å². The number of aliphatic carboxylic acids is 1. The number of carbonyl (C=O) groups is 2. The quantitative estimate of drug-likeness (QED) is 0.838. The van der Waals surface area contributed by atoms with E-state index in [9.17, 15) is 9.59 Å². The first kappa shape index (κ1) is 13.0. The largest absolute Gasteiger partial charge is 0.478 e. The van der Waals surface area contributed by atoms with Gasteiger partial charge in [-0.1, -0.05) is 6.07 Å². The van der Waals surface area contributed by atoms with Gasteiger partial charge in [-0.25, -0.2) is 4.79 Å². The van der Waals surface area contributed by atoms with E-state index in [4.69, 9.17) is 9.84 Å². The Morgan fingerprint density at radius 1 is 1.35 bits per heavy atom. The normalized spacial score (nSPS) is 10.8. The number of amides is 1. The Morgan fingerprint density at radius 2 is 2.00 bits per heavy atom. The summed E-state index contributed by atoms with van der Waals surface area (Å²) in [6.45, 7) is 4.32. The molecule has 0 aliphatic carbocycles. The van der Waals surface area contributed by atoms with E-state index in [1.165, 1.54) is 20.8 Å². The Labute approximate surface area is 99.4 Å². The summed E-state index contributed by atoms with van der Waals surface area (Å²) in [4.78, 5) is 21.8. The SMILES string of the molecule is CC(=O)Nc1cccc(OC(C)(C)C(=O)O)c1. The predicted octanol–water partition coefficient (Wildman–Crippen LogP) is 1.89. The van der Waals surface area contributed by atoms with Crippen molar-refractivity contribution in [3.05, 3.63) is 24.3 Å². The molecule has 1 aromatic carbocycles. The maximum atomic E-state index is 10.9. The van der Waals surface area contributed by atoms with Gasteiger partial charge in [0.2, 0.25) is 5.91 Å². The molecule has 1 amide bonds. The fourth-order valence-corrected chi connectivity index (χ4v) is 1.18. The highest BCUT2D eigenvalue weighted by molar-refractivity contribution is 5.88. The summed E-state index contributed by atoms with van der Waals surface area (Å²) in [5.74, 6) is -0.856. The molecule has 92 valence electrons. The van der Waals surface area contributed by atoms with Gasteiger partial charge in [-0.2, -0.15) is 0 Å². The van der Waals surface area contributed by atoms with Crippen LogP contribution in [-0.4, -0.2) is 22.6 Å². The second-order valence-corrected chi connectivity index (χ2v) is 4.13. The summed E-state index contributed by atoms with van der Waals surface area (Å²) in [5.41, 5.74) is -0.745. The molecule has 5 heteroatoms. The van der Waals surface area contributed by atoms with Crippen LogP contribution in [0.2, 0.25) is 0 Å². The van der Waals surface area contributed by atoms with E-state index in [-0.39, 0.29) is 5.91 Å². The fraction of sp³-hybridized carbons (Fsp3) is 0.333. The molecule has 0 radical (unpaired) electrons. The van der Waals surface area contributed by atoms with Crippen molar-refractivity contribution in [2.45, 2.75) is 26.4 Å². The summed E-state index contributed by atoms with van der Waals surface area (Å²) in [5, 5.41) is 11.5. The first-order valence-electron chi connectivity index (χ1n) is 5.11. The molecule has 1 aromatic rings. The molecule has 0 aromatic heterocycles. The van der Waals surface area contributed by atoms with Crippen LogP contribution in [0.1, 0.15) is 20.8 Å². The first-order valence-corrected chi connectivity index (χ1v) is 5.11. The third-order valence-corrected chi connectivity index (χ3v) is 2.04. The van der Waals surface area contributed by atoms with Crippen LogP contribution in [-0.2, 0) is 9.59 Å². The van der Waals surface area contributed by atoms with Gasteiger partial charge < -0.3 is 15.2 Å². The summed E-state index contributed by atoms with van der Waals surface area (Å²) in [7, 11) is 0. The Hall–Kier alpha value is -2.04. The number of carbonyl (C=O) groups excluding carboxylic acids is 1. The van der Waals surface area contributed by atoms with Crippen molar-refractivity contribution in [2.24, 2.45) is 0 Å². The van der Waals surface area contributed by atoms with Gasteiger partial charge in [0.15, 0.2) is 5.60 Å². The number of ether oxygens (including phenoxy) is 1. The minimum atomic E-state index is -1.31. The van der Waals surface area contributed by atoms with Gasteiger partial charge in [-0.3, -0.25) is 4.79 Å². The molecule has 0 unspecified atom stereocenters. The molecule has 0 saturated carbocycles. The number of hydrogen-bond donors (Lipinski definition) is 2. The van der Waals surface area contributed by atoms with Crippen molar-refractivity contribution in [3.63, 3.8) is 0 Å². The average Bonchev–Trinajstić information content (AvgIpc) is 2.15. The van der Waals surface area contributed by atoms with E-state index in [1.54, 1.807) is 24.3 Å². The van der Waals surface area contributed by atoms with Gasteiger partial charge in [0, 0.05) is 18.7 Å². The smallest absolute Gasteiger partial charge is 0.347 e. The molecule has 0 aliphatic heterocycles. The zero-order chi connectivity index (χ0) is 13.1. The molecule has 1 rings (SSSR count). The summed E-state index contributed by atoms with van der Waals surface area (Å²) < 4.78 is 5.33. The number of hydrogen-bond acceptors (Lipinski definition) is 3. The van der Waals surface area contributed by atoms with Crippen LogP contribution in [0.5, 0.6) is 5.75 Å². The Kier molecular flexibility index (Phi) is 3.73. The number of carboxylic acids is 1. The van der Waals surface area contributed by atoms with Gasteiger partial charge in [0.1, 0.15) is 5.75 Å². The van der Waals surface area contributed by atoms with E-state index in [0.717, 1.165) is 0 Å². The number of rotatable bonds is 4. The molecule has 0 heterocycles. The highest BCUT2D eigenvalue weighted by Crippen LogP contribution is 2.22. The minimum Gasteiger partial charge on any atom is -0.478 e. The van der Waals surface area contributed by atoms with Gasteiger partial charge >= 0.3 is 5.97 Å². The van der Waals surface area contributed by atoms with Crippen LogP contribution in [0.25, 0.3) is 0 Å². The maximum absolute atomic E-state index is 10.9. The average molecular weight is 237 g/mol. The Bertz CT molecular complexity index is 440. The second-order valence-electron chi connectivity index (χ2n) is 4.13. The Balaban J connectivity index is 2.85. The molecule has 0 atom stereocenters. The van der Waals surface area contributed by atoms with Crippen molar-refractivity contribution < 1.29 is 19.4 Å². The first-order chi connectivity index (χ1) is 7.81. The summed E-state index contributed by atoms with van der Waals surface area (Å²) >= 11 is 0. The van der Waals surface area contributed by atoms with Gasteiger partial charge in [0.05, 0.1) is 0 Å². The van der Waals surface area contributed by atoms with Crippen LogP contribution in [0, 0.1) is 0 Å².